The monoisotopic (exact) mass is 502 g/mol. The van der Waals surface area contributed by atoms with Gasteiger partial charge in [0.05, 0.1) is 11.4 Å². The van der Waals surface area contributed by atoms with Gasteiger partial charge in [0.1, 0.15) is 0 Å². The third kappa shape index (κ3) is 5.37. The third-order valence-electron chi connectivity index (χ3n) is 7.01. The van der Waals surface area contributed by atoms with Crippen LogP contribution in [0, 0.1) is 13.8 Å². The molecule has 1 aromatic heterocycles. The van der Waals surface area contributed by atoms with Gasteiger partial charge in [0.15, 0.2) is 0 Å². The summed E-state index contributed by atoms with van der Waals surface area (Å²) in [5, 5.41) is 0. The van der Waals surface area contributed by atoms with Crippen LogP contribution in [0.2, 0.25) is 0 Å². The van der Waals surface area contributed by atoms with Gasteiger partial charge in [-0.3, -0.25) is 0 Å². The Morgan fingerprint density at radius 3 is 1.21 bits per heavy atom. The lowest BCUT2D eigenvalue weighted by Crippen LogP contribution is -2.09. The molecule has 0 saturated carbocycles. The number of aromatic nitrogens is 1. The van der Waals surface area contributed by atoms with E-state index in [1.807, 2.05) is 0 Å². The van der Waals surface area contributed by atoms with Crippen molar-refractivity contribution in [2.45, 2.75) is 13.8 Å². The minimum absolute atomic E-state index is 0.974. The van der Waals surface area contributed by atoms with Gasteiger partial charge in [0, 0.05) is 28.2 Å². The van der Waals surface area contributed by atoms with Crippen LogP contribution in [-0.4, -0.2) is 4.98 Å². The second kappa shape index (κ2) is 10.8. The van der Waals surface area contributed by atoms with Crippen LogP contribution in [0.1, 0.15) is 11.1 Å². The summed E-state index contributed by atoms with van der Waals surface area (Å²) in [5.74, 6) is 0. The van der Waals surface area contributed by atoms with E-state index in [4.69, 9.17) is 4.98 Å². The van der Waals surface area contributed by atoms with Crippen LogP contribution >= 0.6 is 0 Å². The summed E-state index contributed by atoms with van der Waals surface area (Å²) in [6, 6.07) is 51.4. The molecule has 2 nitrogen and oxygen atoms in total. The van der Waals surface area contributed by atoms with E-state index in [1.54, 1.807) is 0 Å². The molecule has 1 heterocycles. The maximum absolute atomic E-state index is 5.08. The molecule has 0 amide bonds. The molecule has 0 atom stereocenters. The zero-order valence-corrected chi connectivity index (χ0v) is 22.3. The van der Waals surface area contributed by atoms with Gasteiger partial charge in [-0.2, -0.15) is 0 Å². The molecule has 6 rings (SSSR count). The van der Waals surface area contributed by atoms with E-state index in [1.165, 1.54) is 11.1 Å². The van der Waals surface area contributed by atoms with E-state index in [0.717, 1.165) is 50.7 Å². The van der Waals surface area contributed by atoms with Gasteiger partial charge in [-0.05, 0) is 73.5 Å². The molecule has 188 valence electrons. The van der Waals surface area contributed by atoms with E-state index < -0.39 is 0 Å². The highest BCUT2D eigenvalue weighted by Gasteiger charge is 2.13. The summed E-state index contributed by atoms with van der Waals surface area (Å²) in [6.45, 7) is 4.22. The van der Waals surface area contributed by atoms with E-state index in [9.17, 15) is 0 Å². The second-order valence-electron chi connectivity index (χ2n) is 9.91. The van der Waals surface area contributed by atoms with Gasteiger partial charge in [-0.15, -0.1) is 0 Å². The Morgan fingerprint density at radius 2 is 0.769 bits per heavy atom. The van der Waals surface area contributed by atoms with E-state index in [0.29, 0.717) is 0 Å². The molecule has 0 aliphatic carbocycles. The Labute approximate surface area is 230 Å². The molecule has 5 aromatic carbocycles. The van der Waals surface area contributed by atoms with E-state index >= 15 is 0 Å². The predicted molar refractivity (Wildman–Crippen MR) is 165 cm³/mol. The largest absolute Gasteiger partial charge is 0.311 e. The normalized spacial score (nSPS) is 10.8. The standard InChI is InChI=1S/C37H30N2/c1-27-13-17-30(18-14-27)36-25-32(26-37(38-36)31-19-15-28(2)16-20-31)29-21-23-35(24-22-29)39(33-9-5-3-6-10-33)34-11-7-4-8-12-34/h3-26H,1-2H3. The highest BCUT2D eigenvalue weighted by Crippen LogP contribution is 2.36. The van der Waals surface area contributed by atoms with Gasteiger partial charge in [-0.1, -0.05) is 108 Å². The molecule has 0 N–H and O–H groups in total. The van der Waals surface area contributed by atoms with Crippen LogP contribution in [0.25, 0.3) is 33.6 Å². The van der Waals surface area contributed by atoms with Crippen molar-refractivity contribution in [3.05, 3.63) is 157 Å². The lowest BCUT2D eigenvalue weighted by atomic mass is 9.99. The Morgan fingerprint density at radius 1 is 0.385 bits per heavy atom. The first-order valence-electron chi connectivity index (χ1n) is 13.3. The Balaban J connectivity index is 1.43. The zero-order chi connectivity index (χ0) is 26.6. The molecule has 0 unspecified atom stereocenters. The minimum atomic E-state index is 0.974. The van der Waals surface area contributed by atoms with Crippen molar-refractivity contribution in [3.63, 3.8) is 0 Å². The fourth-order valence-corrected chi connectivity index (χ4v) is 4.85. The van der Waals surface area contributed by atoms with Gasteiger partial charge < -0.3 is 4.90 Å². The maximum Gasteiger partial charge on any atom is 0.0715 e. The SMILES string of the molecule is Cc1ccc(-c2cc(-c3ccc(N(c4ccccc4)c4ccccc4)cc3)cc(-c3ccc(C)cc3)n2)cc1. The first-order chi connectivity index (χ1) is 19.1. The molecular formula is C37H30N2. The van der Waals surface area contributed by atoms with Crippen LogP contribution in [0.4, 0.5) is 17.1 Å². The van der Waals surface area contributed by atoms with Crippen molar-refractivity contribution in [3.8, 4) is 33.6 Å². The Kier molecular flexibility index (Phi) is 6.76. The number of para-hydroxylation sites is 2. The molecule has 0 radical (unpaired) electrons. The molecule has 39 heavy (non-hydrogen) atoms. The molecule has 0 fully saturated rings. The minimum Gasteiger partial charge on any atom is -0.311 e. The Bertz CT molecular complexity index is 1570. The first-order valence-corrected chi connectivity index (χ1v) is 13.3. The van der Waals surface area contributed by atoms with Crippen LogP contribution < -0.4 is 4.90 Å². The topological polar surface area (TPSA) is 16.1 Å². The molecular weight excluding hydrogens is 472 g/mol. The summed E-state index contributed by atoms with van der Waals surface area (Å²) in [4.78, 5) is 7.36. The van der Waals surface area contributed by atoms with Gasteiger partial charge in [0.25, 0.3) is 0 Å². The van der Waals surface area contributed by atoms with Crippen molar-refractivity contribution in [1.29, 1.82) is 0 Å². The summed E-state index contributed by atoms with van der Waals surface area (Å²) < 4.78 is 0. The fraction of sp³-hybridized carbons (Fsp3) is 0.0541. The average Bonchev–Trinajstić information content (AvgIpc) is 2.99. The van der Waals surface area contributed by atoms with Crippen molar-refractivity contribution in [2.24, 2.45) is 0 Å². The quantitative estimate of drug-likeness (QED) is 0.225. The van der Waals surface area contributed by atoms with Gasteiger partial charge in [-0.25, -0.2) is 4.98 Å². The summed E-state index contributed by atoms with van der Waals surface area (Å²) in [7, 11) is 0. The summed E-state index contributed by atoms with van der Waals surface area (Å²) >= 11 is 0. The van der Waals surface area contributed by atoms with Crippen molar-refractivity contribution >= 4 is 17.1 Å². The molecule has 0 saturated heterocycles. The molecule has 0 aliphatic rings. The lowest BCUT2D eigenvalue weighted by molar-refractivity contribution is 1.28. The number of benzene rings is 5. The maximum atomic E-state index is 5.08. The smallest absolute Gasteiger partial charge is 0.0715 e. The lowest BCUT2D eigenvalue weighted by Gasteiger charge is -2.25. The molecule has 0 bridgehead atoms. The number of rotatable bonds is 6. The number of hydrogen-bond donors (Lipinski definition) is 0. The van der Waals surface area contributed by atoms with Gasteiger partial charge in [0.2, 0.25) is 0 Å². The first kappa shape index (κ1) is 24.4. The highest BCUT2D eigenvalue weighted by molar-refractivity contribution is 5.80. The van der Waals surface area contributed by atoms with Gasteiger partial charge >= 0.3 is 0 Å². The molecule has 6 aromatic rings. The van der Waals surface area contributed by atoms with Crippen LogP contribution in [0.15, 0.2) is 146 Å². The van der Waals surface area contributed by atoms with Crippen molar-refractivity contribution < 1.29 is 0 Å². The second-order valence-corrected chi connectivity index (χ2v) is 9.91. The zero-order valence-electron chi connectivity index (χ0n) is 22.3. The van der Waals surface area contributed by atoms with Crippen molar-refractivity contribution in [1.82, 2.24) is 4.98 Å². The van der Waals surface area contributed by atoms with E-state index in [-0.39, 0.29) is 0 Å². The third-order valence-corrected chi connectivity index (χ3v) is 7.01. The van der Waals surface area contributed by atoms with Crippen LogP contribution in [0.5, 0.6) is 0 Å². The van der Waals surface area contributed by atoms with Crippen LogP contribution in [0.3, 0.4) is 0 Å². The predicted octanol–water partition coefficient (Wildman–Crippen LogP) is 10.2. The van der Waals surface area contributed by atoms with E-state index in [2.05, 4.69) is 164 Å². The molecule has 0 aliphatic heterocycles. The summed E-state index contributed by atoms with van der Waals surface area (Å²) in [6.07, 6.45) is 0. The highest BCUT2D eigenvalue weighted by atomic mass is 15.1. The molecule has 0 spiro atoms. The fourth-order valence-electron chi connectivity index (χ4n) is 4.85. The number of anilines is 3. The number of aryl methyl sites for hydroxylation is 2. The summed E-state index contributed by atoms with van der Waals surface area (Å²) in [5.41, 5.74) is 12.3. The number of pyridine rings is 1. The van der Waals surface area contributed by atoms with Crippen molar-refractivity contribution in [2.75, 3.05) is 4.90 Å². The van der Waals surface area contributed by atoms with Crippen LogP contribution in [-0.2, 0) is 0 Å². The Hall–Kier alpha value is -4.95. The molecule has 2 heteroatoms. The number of hydrogen-bond acceptors (Lipinski definition) is 2. The average molecular weight is 503 g/mol. The number of nitrogens with zero attached hydrogens (tertiary/aromatic N) is 2.